The zero-order valence-electron chi connectivity index (χ0n) is 6.74. The van der Waals surface area contributed by atoms with Crippen LogP contribution in [0, 0.1) is 0 Å². The number of hydrogen-bond donors (Lipinski definition) is 0. The summed E-state index contributed by atoms with van der Waals surface area (Å²) >= 11 is 3.63. The molecule has 0 radical (unpaired) electrons. The van der Waals surface area contributed by atoms with Crippen molar-refractivity contribution < 1.29 is 4.74 Å². The van der Waals surface area contributed by atoms with Crippen LogP contribution < -0.4 is 0 Å². The molecular formula is C8H12OS2. The second kappa shape index (κ2) is 4.80. The highest BCUT2D eigenvalue weighted by molar-refractivity contribution is 7.99. The van der Waals surface area contributed by atoms with Gasteiger partial charge in [0.25, 0.3) is 0 Å². The Morgan fingerprint density at radius 2 is 2.55 bits per heavy atom. The molecule has 0 aliphatic carbocycles. The van der Waals surface area contributed by atoms with E-state index >= 15 is 0 Å². The zero-order valence-corrected chi connectivity index (χ0v) is 8.37. The van der Waals surface area contributed by atoms with Crippen molar-refractivity contribution in [1.82, 2.24) is 0 Å². The van der Waals surface area contributed by atoms with E-state index in [1.54, 1.807) is 18.4 Å². The molecule has 0 saturated heterocycles. The number of methoxy groups -OCH3 is 1. The van der Waals surface area contributed by atoms with Gasteiger partial charge in [-0.25, -0.2) is 0 Å². The van der Waals surface area contributed by atoms with Gasteiger partial charge in [-0.15, -0.1) is 23.1 Å². The van der Waals surface area contributed by atoms with E-state index in [9.17, 15) is 0 Å². The molecule has 0 aliphatic rings. The Morgan fingerprint density at radius 1 is 1.73 bits per heavy atom. The second-order valence-corrected chi connectivity index (χ2v) is 4.49. The molecule has 1 atom stereocenters. The van der Waals surface area contributed by atoms with Crippen LogP contribution >= 0.6 is 23.1 Å². The Balaban J connectivity index is 2.36. The minimum absolute atomic E-state index is 0.565. The lowest BCUT2D eigenvalue weighted by Crippen LogP contribution is -1.87. The van der Waals surface area contributed by atoms with E-state index in [-0.39, 0.29) is 0 Å². The molecule has 0 spiro atoms. The smallest absolute Gasteiger partial charge is 0.0923 e. The summed E-state index contributed by atoms with van der Waals surface area (Å²) < 4.78 is 4.98. The van der Waals surface area contributed by atoms with E-state index < -0.39 is 0 Å². The average molecular weight is 188 g/mol. The van der Waals surface area contributed by atoms with E-state index in [0.717, 1.165) is 5.94 Å². The minimum atomic E-state index is 0.565. The quantitative estimate of drug-likeness (QED) is 0.671. The lowest BCUT2D eigenvalue weighted by molar-refractivity contribution is 0.258. The van der Waals surface area contributed by atoms with Crippen molar-refractivity contribution in [3.63, 3.8) is 0 Å². The fourth-order valence-corrected chi connectivity index (χ4v) is 2.39. The molecule has 3 heteroatoms. The lowest BCUT2D eigenvalue weighted by Gasteiger charge is -2.06. The highest BCUT2D eigenvalue weighted by Gasteiger charge is 2.05. The topological polar surface area (TPSA) is 9.23 Å². The van der Waals surface area contributed by atoms with Crippen LogP contribution in [0.1, 0.15) is 17.1 Å². The van der Waals surface area contributed by atoms with Crippen molar-refractivity contribution >= 4 is 23.1 Å². The van der Waals surface area contributed by atoms with Gasteiger partial charge in [-0.1, -0.05) is 6.07 Å². The first kappa shape index (κ1) is 9.10. The van der Waals surface area contributed by atoms with Gasteiger partial charge in [0.1, 0.15) is 0 Å². The molecule has 0 aromatic carbocycles. The van der Waals surface area contributed by atoms with Gasteiger partial charge in [0.15, 0.2) is 0 Å². The van der Waals surface area contributed by atoms with Gasteiger partial charge in [-0.3, -0.25) is 0 Å². The Hall–Kier alpha value is 0.01000. The number of thiophene rings is 1. The third-order valence-electron chi connectivity index (χ3n) is 1.38. The Bertz CT molecular complexity index is 184. The molecule has 1 aromatic rings. The fourth-order valence-electron chi connectivity index (χ4n) is 0.775. The van der Waals surface area contributed by atoms with Gasteiger partial charge >= 0.3 is 0 Å². The predicted molar refractivity (Wildman–Crippen MR) is 52.2 cm³/mol. The third kappa shape index (κ3) is 2.85. The third-order valence-corrected chi connectivity index (χ3v) is 3.71. The number of ether oxygens (including phenoxy) is 1. The van der Waals surface area contributed by atoms with E-state index in [2.05, 4.69) is 24.4 Å². The molecule has 1 nitrogen and oxygen atoms in total. The van der Waals surface area contributed by atoms with Crippen molar-refractivity contribution in [3.8, 4) is 0 Å². The van der Waals surface area contributed by atoms with Crippen LogP contribution in [0.3, 0.4) is 0 Å². The highest BCUT2D eigenvalue weighted by Crippen LogP contribution is 2.30. The van der Waals surface area contributed by atoms with Crippen LogP contribution in [0.4, 0.5) is 0 Å². The van der Waals surface area contributed by atoms with Gasteiger partial charge in [0.05, 0.1) is 5.94 Å². The van der Waals surface area contributed by atoms with Gasteiger partial charge in [0.2, 0.25) is 0 Å². The normalized spacial score (nSPS) is 13.3. The summed E-state index contributed by atoms with van der Waals surface area (Å²) in [6.07, 6.45) is 0. The molecule has 0 amide bonds. The summed E-state index contributed by atoms with van der Waals surface area (Å²) in [7, 11) is 1.73. The zero-order chi connectivity index (χ0) is 8.10. The maximum atomic E-state index is 4.98. The lowest BCUT2D eigenvalue weighted by atomic mass is 10.4. The number of rotatable bonds is 4. The summed E-state index contributed by atoms with van der Waals surface area (Å²) in [5.74, 6) is 0.777. The monoisotopic (exact) mass is 188 g/mol. The van der Waals surface area contributed by atoms with E-state index in [4.69, 9.17) is 4.74 Å². The highest BCUT2D eigenvalue weighted by atomic mass is 32.2. The van der Waals surface area contributed by atoms with Crippen molar-refractivity contribution in [1.29, 1.82) is 0 Å². The van der Waals surface area contributed by atoms with Crippen LogP contribution in [0.15, 0.2) is 17.5 Å². The van der Waals surface area contributed by atoms with Gasteiger partial charge < -0.3 is 4.74 Å². The maximum Gasteiger partial charge on any atom is 0.0923 e. The molecule has 62 valence electrons. The summed E-state index contributed by atoms with van der Waals surface area (Å²) in [6, 6.07) is 4.25. The van der Waals surface area contributed by atoms with Crippen molar-refractivity contribution in [2.24, 2.45) is 0 Å². The predicted octanol–water partition coefficient (Wildman–Crippen LogP) is 3.15. The van der Waals surface area contributed by atoms with Gasteiger partial charge in [-0.2, -0.15) is 0 Å². The Kier molecular flexibility index (Phi) is 3.97. The second-order valence-electron chi connectivity index (χ2n) is 2.23. The van der Waals surface area contributed by atoms with E-state index in [0.29, 0.717) is 5.25 Å². The van der Waals surface area contributed by atoms with Gasteiger partial charge in [-0.05, 0) is 18.4 Å². The SMILES string of the molecule is COCSC(C)c1cccs1. The van der Waals surface area contributed by atoms with E-state index in [1.807, 2.05) is 11.8 Å². The summed E-state index contributed by atoms with van der Waals surface area (Å²) in [6.45, 7) is 2.20. The molecule has 0 bridgehead atoms. The molecular weight excluding hydrogens is 176 g/mol. The largest absolute Gasteiger partial charge is 0.374 e. The molecule has 0 saturated carbocycles. The van der Waals surface area contributed by atoms with Crippen molar-refractivity contribution in [2.75, 3.05) is 13.0 Å². The van der Waals surface area contributed by atoms with Crippen molar-refractivity contribution in [2.45, 2.75) is 12.2 Å². The first-order valence-corrected chi connectivity index (χ1v) is 5.41. The van der Waals surface area contributed by atoms with Gasteiger partial charge in [0, 0.05) is 17.2 Å². The first-order chi connectivity index (χ1) is 5.34. The molecule has 1 rings (SSSR count). The fraction of sp³-hybridized carbons (Fsp3) is 0.500. The number of thioether (sulfide) groups is 1. The molecule has 1 unspecified atom stereocenters. The van der Waals surface area contributed by atoms with Crippen LogP contribution in [0.25, 0.3) is 0 Å². The molecule has 1 heterocycles. The molecule has 0 fully saturated rings. The van der Waals surface area contributed by atoms with E-state index in [1.165, 1.54) is 4.88 Å². The summed E-state index contributed by atoms with van der Waals surface area (Å²) in [5.41, 5.74) is 0. The maximum absolute atomic E-state index is 4.98. The Morgan fingerprint density at radius 3 is 3.09 bits per heavy atom. The van der Waals surface area contributed by atoms with Crippen LogP contribution in [-0.4, -0.2) is 13.0 Å². The molecule has 1 aromatic heterocycles. The Labute approximate surface area is 75.8 Å². The van der Waals surface area contributed by atoms with Crippen molar-refractivity contribution in [3.05, 3.63) is 22.4 Å². The van der Waals surface area contributed by atoms with Crippen LogP contribution in [-0.2, 0) is 4.74 Å². The number of hydrogen-bond acceptors (Lipinski definition) is 3. The molecule has 0 N–H and O–H groups in total. The van der Waals surface area contributed by atoms with Crippen LogP contribution in [0.5, 0.6) is 0 Å². The standard InChI is InChI=1S/C8H12OS2/c1-7(11-6-9-2)8-4-3-5-10-8/h3-5,7H,6H2,1-2H3. The minimum Gasteiger partial charge on any atom is -0.374 e. The van der Waals surface area contributed by atoms with Crippen LogP contribution in [0.2, 0.25) is 0 Å². The first-order valence-electron chi connectivity index (χ1n) is 3.48. The summed E-state index contributed by atoms with van der Waals surface area (Å²) in [4.78, 5) is 1.42. The molecule has 11 heavy (non-hydrogen) atoms. The molecule has 0 aliphatic heterocycles. The average Bonchev–Trinajstić information content (AvgIpc) is 2.52. The summed E-state index contributed by atoms with van der Waals surface area (Å²) in [5, 5.41) is 2.68.